The lowest BCUT2D eigenvalue weighted by atomic mass is 9.96. The van der Waals surface area contributed by atoms with Crippen molar-refractivity contribution in [2.45, 2.75) is 78.3 Å². The van der Waals surface area contributed by atoms with Gasteiger partial charge in [-0.05, 0) is 32.1 Å². The van der Waals surface area contributed by atoms with Gasteiger partial charge >= 0.3 is 0 Å². The minimum atomic E-state index is 0.307. The lowest BCUT2D eigenvalue weighted by Crippen LogP contribution is -2.42. The maximum absolute atomic E-state index is 4.83. The monoisotopic (exact) mass is 270 g/mol. The van der Waals surface area contributed by atoms with Gasteiger partial charge in [0.1, 0.15) is 0 Å². The van der Waals surface area contributed by atoms with E-state index in [9.17, 15) is 0 Å². The molecular weight excluding hydrogens is 240 g/mol. The van der Waals surface area contributed by atoms with Crippen LogP contribution in [0.25, 0.3) is 0 Å². The van der Waals surface area contributed by atoms with Gasteiger partial charge in [0, 0.05) is 17.3 Å². The number of aliphatic imine (C=N–C) groups is 1. The maximum atomic E-state index is 4.83. The number of rotatable bonds is 7. The van der Waals surface area contributed by atoms with Gasteiger partial charge in [0.05, 0.1) is 0 Å². The normalized spacial score (nSPS) is 22.4. The molecule has 1 unspecified atom stereocenters. The van der Waals surface area contributed by atoms with Gasteiger partial charge in [0.15, 0.2) is 5.17 Å². The Balaban J connectivity index is 2.38. The van der Waals surface area contributed by atoms with Crippen LogP contribution in [-0.4, -0.2) is 22.5 Å². The second-order valence-electron chi connectivity index (χ2n) is 6.01. The van der Waals surface area contributed by atoms with Gasteiger partial charge < -0.3 is 5.32 Å². The molecule has 0 aromatic heterocycles. The van der Waals surface area contributed by atoms with Gasteiger partial charge in [-0.15, -0.1) is 0 Å². The molecule has 3 heteroatoms. The van der Waals surface area contributed by atoms with E-state index >= 15 is 0 Å². The number of hydrogen-bond acceptors (Lipinski definition) is 2. The molecule has 0 spiro atoms. The molecule has 1 saturated heterocycles. The minimum absolute atomic E-state index is 0.307. The summed E-state index contributed by atoms with van der Waals surface area (Å²) in [4.78, 5) is 4.83. The van der Waals surface area contributed by atoms with E-state index in [1.165, 1.54) is 43.0 Å². The van der Waals surface area contributed by atoms with E-state index in [4.69, 9.17) is 4.99 Å². The highest BCUT2D eigenvalue weighted by molar-refractivity contribution is 8.14. The predicted octanol–water partition coefficient (Wildman–Crippen LogP) is 4.45. The highest BCUT2D eigenvalue weighted by Gasteiger charge is 2.33. The van der Waals surface area contributed by atoms with E-state index in [0.29, 0.717) is 11.6 Å². The van der Waals surface area contributed by atoms with E-state index in [-0.39, 0.29) is 0 Å². The van der Waals surface area contributed by atoms with Crippen molar-refractivity contribution in [3.8, 4) is 0 Å². The van der Waals surface area contributed by atoms with Crippen molar-refractivity contribution < 1.29 is 0 Å². The molecule has 1 aliphatic rings. The van der Waals surface area contributed by atoms with Crippen LogP contribution in [0.3, 0.4) is 0 Å². The van der Waals surface area contributed by atoms with Crippen molar-refractivity contribution in [3.05, 3.63) is 0 Å². The molecule has 1 fully saturated rings. The number of thioether (sulfide) groups is 1. The summed E-state index contributed by atoms with van der Waals surface area (Å²) in [7, 11) is 0. The first-order chi connectivity index (χ1) is 8.51. The second-order valence-corrected chi connectivity index (χ2v) is 6.97. The van der Waals surface area contributed by atoms with Crippen molar-refractivity contribution >= 4 is 16.9 Å². The number of hydrogen-bond donors (Lipinski definition) is 1. The van der Waals surface area contributed by atoms with Crippen molar-refractivity contribution in [3.63, 3.8) is 0 Å². The first-order valence-electron chi connectivity index (χ1n) is 7.50. The second kappa shape index (κ2) is 7.42. The molecule has 1 rings (SSSR count). The number of nitrogens with zero attached hydrogens (tertiary/aromatic N) is 1. The molecule has 1 atom stereocenters. The molecule has 18 heavy (non-hydrogen) atoms. The van der Waals surface area contributed by atoms with Crippen LogP contribution in [0.1, 0.15) is 66.7 Å². The minimum Gasteiger partial charge on any atom is -0.359 e. The van der Waals surface area contributed by atoms with Crippen LogP contribution in [0.4, 0.5) is 0 Å². The first kappa shape index (κ1) is 15.9. The van der Waals surface area contributed by atoms with E-state index in [1.54, 1.807) is 0 Å². The molecule has 0 amide bonds. The summed E-state index contributed by atoms with van der Waals surface area (Å²) >= 11 is 1.91. The SMILES string of the molecule is CCC1(CC)CSC(=NC(C)CCCC(C)C)N1. The first-order valence-corrected chi connectivity index (χ1v) is 8.48. The Hall–Kier alpha value is -0.180. The van der Waals surface area contributed by atoms with Gasteiger partial charge in [-0.25, -0.2) is 0 Å². The Morgan fingerprint density at radius 1 is 1.22 bits per heavy atom. The van der Waals surface area contributed by atoms with Crippen LogP contribution in [-0.2, 0) is 0 Å². The molecular formula is C15H30N2S. The van der Waals surface area contributed by atoms with Gasteiger partial charge in [-0.2, -0.15) is 0 Å². The summed E-state index contributed by atoms with van der Waals surface area (Å²) in [6.07, 6.45) is 6.22. The summed E-state index contributed by atoms with van der Waals surface area (Å²) in [6.45, 7) is 11.4. The van der Waals surface area contributed by atoms with Crippen molar-refractivity contribution in [2.24, 2.45) is 10.9 Å². The molecule has 0 bridgehead atoms. The Morgan fingerprint density at radius 3 is 2.39 bits per heavy atom. The summed E-state index contributed by atoms with van der Waals surface area (Å²) < 4.78 is 0. The highest BCUT2D eigenvalue weighted by atomic mass is 32.2. The van der Waals surface area contributed by atoms with Crippen LogP contribution < -0.4 is 5.32 Å². The molecule has 0 aromatic rings. The zero-order valence-electron chi connectivity index (χ0n) is 12.8. The lowest BCUT2D eigenvalue weighted by Gasteiger charge is -2.25. The lowest BCUT2D eigenvalue weighted by molar-refractivity contribution is 0.407. The van der Waals surface area contributed by atoms with Gasteiger partial charge in [-0.1, -0.05) is 52.3 Å². The molecule has 0 aliphatic carbocycles. The molecule has 1 heterocycles. The van der Waals surface area contributed by atoms with E-state index in [1.807, 2.05) is 11.8 Å². The zero-order valence-corrected chi connectivity index (χ0v) is 13.6. The molecule has 0 aromatic carbocycles. The van der Waals surface area contributed by atoms with E-state index < -0.39 is 0 Å². The topological polar surface area (TPSA) is 24.4 Å². The van der Waals surface area contributed by atoms with Crippen LogP contribution in [0.2, 0.25) is 0 Å². The molecule has 0 radical (unpaired) electrons. The summed E-state index contributed by atoms with van der Waals surface area (Å²) in [5.74, 6) is 1.99. The highest BCUT2D eigenvalue weighted by Crippen LogP contribution is 2.29. The van der Waals surface area contributed by atoms with Gasteiger partial charge in [0.25, 0.3) is 0 Å². The number of nitrogens with one attached hydrogen (secondary N) is 1. The Kier molecular flexibility index (Phi) is 6.54. The van der Waals surface area contributed by atoms with Gasteiger partial charge in [-0.3, -0.25) is 4.99 Å². The van der Waals surface area contributed by atoms with E-state index in [0.717, 1.165) is 5.92 Å². The fraction of sp³-hybridized carbons (Fsp3) is 0.933. The van der Waals surface area contributed by atoms with Crippen molar-refractivity contribution in [2.75, 3.05) is 5.75 Å². The van der Waals surface area contributed by atoms with Crippen LogP contribution in [0.15, 0.2) is 4.99 Å². The molecule has 2 nitrogen and oxygen atoms in total. The molecule has 1 aliphatic heterocycles. The standard InChI is InChI=1S/C15H30N2S/c1-6-15(7-2)11-18-14(17-15)16-13(5)10-8-9-12(3)4/h12-13H,6-11H2,1-5H3,(H,16,17). The van der Waals surface area contributed by atoms with Crippen molar-refractivity contribution in [1.29, 1.82) is 0 Å². The Morgan fingerprint density at radius 2 is 1.89 bits per heavy atom. The van der Waals surface area contributed by atoms with Crippen molar-refractivity contribution in [1.82, 2.24) is 5.32 Å². The molecule has 106 valence electrons. The third-order valence-electron chi connectivity index (χ3n) is 3.95. The Bertz CT molecular complexity index is 270. The predicted molar refractivity (Wildman–Crippen MR) is 84.5 cm³/mol. The summed E-state index contributed by atoms with van der Waals surface area (Å²) in [5, 5.41) is 4.82. The summed E-state index contributed by atoms with van der Waals surface area (Å²) in [6, 6.07) is 0.461. The van der Waals surface area contributed by atoms with E-state index in [2.05, 4.69) is 39.9 Å². The average molecular weight is 270 g/mol. The third-order valence-corrected chi connectivity index (χ3v) is 5.13. The van der Waals surface area contributed by atoms with Crippen LogP contribution in [0.5, 0.6) is 0 Å². The summed E-state index contributed by atoms with van der Waals surface area (Å²) in [5.41, 5.74) is 0.307. The van der Waals surface area contributed by atoms with Gasteiger partial charge in [0.2, 0.25) is 0 Å². The maximum Gasteiger partial charge on any atom is 0.157 e. The third kappa shape index (κ3) is 4.83. The molecule has 1 N–H and O–H groups in total. The fourth-order valence-corrected chi connectivity index (χ4v) is 3.73. The zero-order chi connectivity index (χ0) is 13.6. The quantitative estimate of drug-likeness (QED) is 0.739. The fourth-order valence-electron chi connectivity index (χ4n) is 2.29. The smallest absolute Gasteiger partial charge is 0.157 e. The molecule has 0 saturated carbocycles. The number of amidine groups is 1. The largest absolute Gasteiger partial charge is 0.359 e. The van der Waals surface area contributed by atoms with Crippen LogP contribution >= 0.6 is 11.8 Å². The average Bonchev–Trinajstić information content (AvgIpc) is 2.72. The van der Waals surface area contributed by atoms with Crippen LogP contribution in [0, 0.1) is 5.92 Å². The Labute approximate surface area is 117 Å².